The van der Waals surface area contributed by atoms with E-state index in [1.54, 1.807) is 6.07 Å². The van der Waals surface area contributed by atoms with Gasteiger partial charge in [-0.1, -0.05) is 29.3 Å². The van der Waals surface area contributed by atoms with E-state index in [4.69, 9.17) is 23.2 Å². The van der Waals surface area contributed by atoms with Crippen molar-refractivity contribution < 1.29 is 9.18 Å². The first kappa shape index (κ1) is 12.8. The average Bonchev–Trinajstić information content (AvgIpc) is 2.34. The van der Waals surface area contributed by atoms with E-state index < -0.39 is 11.7 Å². The van der Waals surface area contributed by atoms with Crippen LogP contribution in [0.3, 0.4) is 0 Å². The van der Waals surface area contributed by atoms with E-state index in [0.29, 0.717) is 0 Å². The van der Waals surface area contributed by atoms with E-state index in [-0.39, 0.29) is 21.4 Å². The molecular weight excluding hydrogens is 278 g/mol. The number of rotatable bonds is 2. The van der Waals surface area contributed by atoms with Gasteiger partial charge in [0.2, 0.25) is 0 Å². The van der Waals surface area contributed by atoms with Crippen molar-refractivity contribution in [2.45, 2.75) is 0 Å². The minimum absolute atomic E-state index is 0.0439. The van der Waals surface area contributed by atoms with Crippen LogP contribution in [-0.2, 0) is 0 Å². The molecule has 0 aliphatic heterocycles. The molecule has 0 fully saturated rings. The van der Waals surface area contributed by atoms with Crippen LogP contribution >= 0.6 is 23.2 Å². The number of halogens is 3. The van der Waals surface area contributed by atoms with Crippen LogP contribution in [0.2, 0.25) is 10.2 Å². The predicted molar refractivity (Wildman–Crippen MR) is 68.6 cm³/mol. The second kappa shape index (κ2) is 5.33. The number of hydrogen-bond donors (Lipinski definition) is 1. The largest absolute Gasteiger partial charge is 0.318 e. The third-order valence-electron chi connectivity index (χ3n) is 2.21. The molecule has 92 valence electrons. The maximum Gasteiger partial charge on any atom is 0.258 e. The summed E-state index contributed by atoms with van der Waals surface area (Å²) in [6.07, 6.45) is 1.45. The summed E-state index contributed by atoms with van der Waals surface area (Å²) in [6.45, 7) is 0. The van der Waals surface area contributed by atoms with Crippen LogP contribution in [0.15, 0.2) is 36.5 Å². The maximum atomic E-state index is 13.5. The van der Waals surface area contributed by atoms with Gasteiger partial charge < -0.3 is 5.32 Å². The number of hydrogen-bond acceptors (Lipinski definition) is 2. The van der Waals surface area contributed by atoms with Gasteiger partial charge in [-0.25, -0.2) is 9.37 Å². The van der Waals surface area contributed by atoms with Crippen molar-refractivity contribution in [3.8, 4) is 0 Å². The number of para-hydroxylation sites is 1. The summed E-state index contributed by atoms with van der Waals surface area (Å²) >= 11 is 11.6. The van der Waals surface area contributed by atoms with E-state index in [0.717, 1.165) is 0 Å². The second-order valence-electron chi connectivity index (χ2n) is 3.39. The van der Waals surface area contributed by atoms with E-state index >= 15 is 0 Å². The standard InChI is InChI=1S/C12H7Cl2FN2O/c13-8-4-1-5-9(15)10(8)17-12(18)7-3-2-6-16-11(7)14/h1-6H,(H,17,18). The van der Waals surface area contributed by atoms with Crippen molar-refractivity contribution in [1.82, 2.24) is 4.98 Å². The highest BCUT2D eigenvalue weighted by molar-refractivity contribution is 6.35. The van der Waals surface area contributed by atoms with Crippen LogP contribution < -0.4 is 5.32 Å². The maximum absolute atomic E-state index is 13.5. The highest BCUT2D eigenvalue weighted by Crippen LogP contribution is 2.25. The average molecular weight is 285 g/mol. The molecule has 2 aromatic rings. The lowest BCUT2D eigenvalue weighted by Gasteiger charge is -2.08. The first-order valence-electron chi connectivity index (χ1n) is 4.95. The van der Waals surface area contributed by atoms with Gasteiger partial charge in [-0.05, 0) is 24.3 Å². The molecule has 3 nitrogen and oxygen atoms in total. The molecule has 18 heavy (non-hydrogen) atoms. The molecule has 0 bridgehead atoms. The Hall–Kier alpha value is -1.65. The van der Waals surface area contributed by atoms with E-state index in [2.05, 4.69) is 10.3 Å². The Morgan fingerprint density at radius 3 is 2.67 bits per heavy atom. The van der Waals surface area contributed by atoms with Crippen LogP contribution in [0, 0.1) is 5.82 Å². The normalized spacial score (nSPS) is 10.2. The van der Waals surface area contributed by atoms with Gasteiger partial charge in [-0.15, -0.1) is 0 Å². The molecule has 0 saturated carbocycles. The van der Waals surface area contributed by atoms with E-state index in [9.17, 15) is 9.18 Å². The molecule has 0 unspecified atom stereocenters. The van der Waals surface area contributed by atoms with Gasteiger partial charge in [0.15, 0.2) is 0 Å². The van der Waals surface area contributed by atoms with Crippen molar-refractivity contribution >= 4 is 34.8 Å². The number of amides is 1. The SMILES string of the molecule is O=C(Nc1c(F)cccc1Cl)c1cccnc1Cl. The third kappa shape index (κ3) is 2.60. The van der Waals surface area contributed by atoms with Gasteiger partial charge in [0, 0.05) is 6.20 Å². The Labute approximate surface area is 113 Å². The molecule has 1 heterocycles. The predicted octanol–water partition coefficient (Wildman–Crippen LogP) is 3.78. The zero-order valence-electron chi connectivity index (χ0n) is 8.95. The number of nitrogens with zero attached hydrogens (tertiary/aromatic N) is 1. The molecule has 0 aliphatic rings. The van der Waals surface area contributed by atoms with Crippen LogP contribution in [-0.4, -0.2) is 10.9 Å². The summed E-state index contributed by atoms with van der Waals surface area (Å²) in [5, 5.41) is 2.52. The quantitative estimate of drug-likeness (QED) is 0.853. The molecule has 2 rings (SSSR count). The van der Waals surface area contributed by atoms with Gasteiger partial charge in [-0.2, -0.15) is 0 Å². The molecule has 0 atom stereocenters. The van der Waals surface area contributed by atoms with Gasteiger partial charge in [0.25, 0.3) is 5.91 Å². The minimum Gasteiger partial charge on any atom is -0.318 e. The number of carbonyl (C=O) groups is 1. The summed E-state index contributed by atoms with van der Waals surface area (Å²) in [5.41, 5.74) is 0.0718. The van der Waals surface area contributed by atoms with Gasteiger partial charge in [-0.3, -0.25) is 4.79 Å². The number of benzene rings is 1. The number of carbonyl (C=O) groups excluding carboxylic acids is 1. The molecular formula is C12H7Cl2FN2O. The van der Waals surface area contributed by atoms with Crippen molar-refractivity contribution in [3.05, 3.63) is 58.1 Å². The zero-order chi connectivity index (χ0) is 13.1. The first-order chi connectivity index (χ1) is 8.59. The highest BCUT2D eigenvalue weighted by atomic mass is 35.5. The summed E-state index contributed by atoms with van der Waals surface area (Å²) in [5.74, 6) is -1.18. The van der Waals surface area contributed by atoms with Gasteiger partial charge in [0.05, 0.1) is 16.3 Å². The second-order valence-corrected chi connectivity index (χ2v) is 4.16. The summed E-state index contributed by atoms with van der Waals surface area (Å²) < 4.78 is 13.5. The van der Waals surface area contributed by atoms with Crippen molar-refractivity contribution in [2.75, 3.05) is 5.32 Å². The smallest absolute Gasteiger partial charge is 0.258 e. The molecule has 1 aromatic heterocycles. The van der Waals surface area contributed by atoms with Crippen LogP contribution in [0.5, 0.6) is 0 Å². The lowest BCUT2D eigenvalue weighted by molar-refractivity contribution is 0.102. The van der Waals surface area contributed by atoms with E-state index in [1.165, 1.54) is 30.5 Å². The molecule has 1 N–H and O–H groups in total. The topological polar surface area (TPSA) is 42.0 Å². The summed E-state index contributed by atoms with van der Waals surface area (Å²) in [6, 6.07) is 7.17. The number of nitrogens with one attached hydrogen (secondary N) is 1. The fourth-order valence-electron chi connectivity index (χ4n) is 1.35. The Morgan fingerprint density at radius 2 is 2.00 bits per heavy atom. The van der Waals surface area contributed by atoms with E-state index in [1.807, 2.05) is 0 Å². The molecule has 0 aliphatic carbocycles. The molecule has 1 amide bonds. The van der Waals surface area contributed by atoms with Crippen LogP contribution in [0.4, 0.5) is 10.1 Å². The Morgan fingerprint density at radius 1 is 1.22 bits per heavy atom. The Balaban J connectivity index is 2.30. The Bertz CT molecular complexity index is 584. The zero-order valence-corrected chi connectivity index (χ0v) is 10.5. The summed E-state index contributed by atoms with van der Waals surface area (Å²) in [7, 11) is 0. The highest BCUT2D eigenvalue weighted by Gasteiger charge is 2.14. The summed E-state index contributed by atoms with van der Waals surface area (Å²) in [4.78, 5) is 15.6. The number of pyridine rings is 1. The van der Waals surface area contributed by atoms with Gasteiger partial charge >= 0.3 is 0 Å². The minimum atomic E-state index is -0.615. The lowest BCUT2D eigenvalue weighted by Crippen LogP contribution is -2.14. The molecule has 0 radical (unpaired) electrons. The van der Waals surface area contributed by atoms with Crippen LogP contribution in [0.25, 0.3) is 0 Å². The van der Waals surface area contributed by atoms with Gasteiger partial charge in [0.1, 0.15) is 11.0 Å². The van der Waals surface area contributed by atoms with Crippen molar-refractivity contribution in [1.29, 1.82) is 0 Å². The number of aromatic nitrogens is 1. The molecule has 0 spiro atoms. The molecule has 1 aromatic carbocycles. The van der Waals surface area contributed by atoms with Crippen molar-refractivity contribution in [2.24, 2.45) is 0 Å². The monoisotopic (exact) mass is 284 g/mol. The molecule has 0 saturated heterocycles. The third-order valence-corrected chi connectivity index (χ3v) is 2.82. The molecule has 6 heteroatoms. The fourth-order valence-corrected chi connectivity index (χ4v) is 1.77. The lowest BCUT2D eigenvalue weighted by atomic mass is 10.2. The van der Waals surface area contributed by atoms with Crippen LogP contribution in [0.1, 0.15) is 10.4 Å². The van der Waals surface area contributed by atoms with Crippen molar-refractivity contribution in [3.63, 3.8) is 0 Å². The first-order valence-corrected chi connectivity index (χ1v) is 5.71. The fraction of sp³-hybridized carbons (Fsp3) is 0. The Kier molecular flexibility index (Phi) is 3.79. The number of anilines is 1.